The number of hydrogen-bond donors (Lipinski definition) is 3. The Labute approximate surface area is 62.1 Å². The minimum absolute atomic E-state index is 0.0142. The fraction of sp³-hybridized carbons (Fsp3) is 1.00. The molecule has 1 aliphatic carbocycles. The molecule has 0 heterocycles. The van der Waals surface area contributed by atoms with Gasteiger partial charge in [0.25, 0.3) is 0 Å². The molecule has 60 valence electrons. The molecule has 1 atom stereocenters. The molecule has 3 nitrogen and oxygen atoms in total. The van der Waals surface area contributed by atoms with Crippen LogP contribution in [-0.4, -0.2) is 6.17 Å². The van der Waals surface area contributed by atoms with Crippen molar-refractivity contribution in [2.45, 2.75) is 38.3 Å². The zero-order valence-corrected chi connectivity index (χ0v) is 6.34. The number of nitrogens with two attached hydrogens (primary N) is 2. The molecule has 0 aromatic heterocycles. The number of hydrazine groups is 1. The van der Waals surface area contributed by atoms with Crippen molar-refractivity contribution in [3.05, 3.63) is 0 Å². The average Bonchev–Trinajstić information content (AvgIpc) is 2.05. The lowest BCUT2D eigenvalue weighted by molar-refractivity contribution is 0.275. The Morgan fingerprint density at radius 2 is 1.80 bits per heavy atom. The second-order valence-electron chi connectivity index (χ2n) is 3.09. The summed E-state index contributed by atoms with van der Waals surface area (Å²) in [5, 5.41) is 0. The Morgan fingerprint density at radius 3 is 2.30 bits per heavy atom. The SMILES string of the molecule is NNC(N)C1CCCCC1. The van der Waals surface area contributed by atoms with Gasteiger partial charge in [-0.1, -0.05) is 19.3 Å². The van der Waals surface area contributed by atoms with Crippen LogP contribution in [0.2, 0.25) is 0 Å². The molecule has 1 fully saturated rings. The molecule has 0 saturated heterocycles. The molecule has 0 aromatic rings. The monoisotopic (exact) mass is 143 g/mol. The summed E-state index contributed by atoms with van der Waals surface area (Å²) in [5.41, 5.74) is 8.32. The van der Waals surface area contributed by atoms with Gasteiger partial charge in [0.15, 0.2) is 0 Å². The second kappa shape index (κ2) is 3.91. The molecule has 1 unspecified atom stereocenters. The Bertz CT molecular complexity index is 88.9. The first-order chi connectivity index (χ1) is 4.84. The van der Waals surface area contributed by atoms with Gasteiger partial charge in [0.2, 0.25) is 0 Å². The molecule has 0 amide bonds. The van der Waals surface area contributed by atoms with Gasteiger partial charge in [-0.2, -0.15) is 0 Å². The topological polar surface area (TPSA) is 64.1 Å². The highest BCUT2D eigenvalue weighted by Gasteiger charge is 2.18. The third kappa shape index (κ3) is 1.94. The van der Waals surface area contributed by atoms with Crippen molar-refractivity contribution in [2.75, 3.05) is 0 Å². The van der Waals surface area contributed by atoms with Gasteiger partial charge in [-0.15, -0.1) is 0 Å². The minimum Gasteiger partial charge on any atom is -0.315 e. The predicted molar refractivity (Wildman–Crippen MR) is 41.9 cm³/mol. The third-order valence-corrected chi connectivity index (χ3v) is 2.35. The normalized spacial score (nSPS) is 24.6. The molecule has 0 radical (unpaired) electrons. The summed E-state index contributed by atoms with van der Waals surface area (Å²) >= 11 is 0. The lowest BCUT2D eigenvalue weighted by Gasteiger charge is -2.26. The van der Waals surface area contributed by atoms with Gasteiger partial charge in [0, 0.05) is 0 Å². The molecular weight excluding hydrogens is 126 g/mol. The Hall–Kier alpha value is -0.120. The summed E-state index contributed by atoms with van der Waals surface area (Å²) in [6.45, 7) is 0. The molecule has 0 aliphatic heterocycles. The fourth-order valence-electron chi connectivity index (χ4n) is 1.63. The maximum atomic E-state index is 5.71. The molecule has 1 saturated carbocycles. The van der Waals surface area contributed by atoms with Gasteiger partial charge >= 0.3 is 0 Å². The van der Waals surface area contributed by atoms with Gasteiger partial charge in [-0.05, 0) is 18.8 Å². The van der Waals surface area contributed by atoms with Crippen molar-refractivity contribution in [2.24, 2.45) is 17.5 Å². The van der Waals surface area contributed by atoms with Crippen LogP contribution in [0.15, 0.2) is 0 Å². The molecule has 0 spiro atoms. The van der Waals surface area contributed by atoms with Crippen molar-refractivity contribution < 1.29 is 0 Å². The molecular formula is C7H17N3. The van der Waals surface area contributed by atoms with E-state index in [1.54, 1.807) is 0 Å². The molecule has 0 bridgehead atoms. The van der Waals surface area contributed by atoms with Crippen LogP contribution < -0.4 is 17.0 Å². The van der Waals surface area contributed by atoms with Crippen molar-refractivity contribution in [3.8, 4) is 0 Å². The maximum Gasteiger partial charge on any atom is 0.0705 e. The third-order valence-electron chi connectivity index (χ3n) is 2.35. The van der Waals surface area contributed by atoms with Gasteiger partial charge in [-0.25, -0.2) is 5.43 Å². The zero-order chi connectivity index (χ0) is 7.40. The highest BCUT2D eigenvalue weighted by atomic mass is 15.3. The van der Waals surface area contributed by atoms with E-state index in [0.29, 0.717) is 5.92 Å². The molecule has 1 rings (SSSR count). The van der Waals surface area contributed by atoms with Crippen LogP contribution in [0.5, 0.6) is 0 Å². The van der Waals surface area contributed by atoms with E-state index >= 15 is 0 Å². The summed E-state index contributed by atoms with van der Waals surface area (Å²) in [6, 6.07) is 0. The summed E-state index contributed by atoms with van der Waals surface area (Å²) in [6.07, 6.45) is 6.50. The van der Waals surface area contributed by atoms with E-state index in [9.17, 15) is 0 Å². The lowest BCUT2D eigenvalue weighted by atomic mass is 9.87. The van der Waals surface area contributed by atoms with Crippen LogP contribution in [-0.2, 0) is 0 Å². The minimum atomic E-state index is 0.0142. The zero-order valence-electron chi connectivity index (χ0n) is 6.34. The first-order valence-electron chi connectivity index (χ1n) is 4.06. The van der Waals surface area contributed by atoms with Gasteiger partial charge in [0.05, 0.1) is 6.17 Å². The quantitative estimate of drug-likeness (QED) is 0.296. The Morgan fingerprint density at radius 1 is 1.20 bits per heavy atom. The van der Waals surface area contributed by atoms with Crippen molar-refractivity contribution in [1.82, 2.24) is 5.43 Å². The van der Waals surface area contributed by atoms with E-state index in [-0.39, 0.29) is 6.17 Å². The summed E-state index contributed by atoms with van der Waals surface area (Å²) < 4.78 is 0. The van der Waals surface area contributed by atoms with Crippen molar-refractivity contribution in [1.29, 1.82) is 0 Å². The van der Waals surface area contributed by atoms with Crippen molar-refractivity contribution in [3.63, 3.8) is 0 Å². The van der Waals surface area contributed by atoms with Gasteiger partial charge < -0.3 is 5.73 Å². The predicted octanol–water partition coefficient (Wildman–Crippen LogP) is 0.315. The van der Waals surface area contributed by atoms with Crippen LogP contribution in [0.1, 0.15) is 32.1 Å². The second-order valence-corrected chi connectivity index (χ2v) is 3.09. The van der Waals surface area contributed by atoms with Crippen LogP contribution in [0.3, 0.4) is 0 Å². The largest absolute Gasteiger partial charge is 0.315 e. The summed E-state index contributed by atoms with van der Waals surface area (Å²) in [4.78, 5) is 0. The number of nitrogens with one attached hydrogen (secondary N) is 1. The van der Waals surface area contributed by atoms with E-state index in [1.165, 1.54) is 32.1 Å². The molecule has 1 aliphatic rings. The fourth-order valence-corrected chi connectivity index (χ4v) is 1.63. The van der Waals surface area contributed by atoms with Crippen LogP contribution in [0, 0.1) is 5.92 Å². The van der Waals surface area contributed by atoms with Crippen LogP contribution in [0.4, 0.5) is 0 Å². The summed E-state index contributed by atoms with van der Waals surface area (Å²) in [5.74, 6) is 5.84. The van der Waals surface area contributed by atoms with E-state index in [1.807, 2.05) is 0 Å². The summed E-state index contributed by atoms with van der Waals surface area (Å²) in [7, 11) is 0. The average molecular weight is 143 g/mol. The van der Waals surface area contributed by atoms with Gasteiger partial charge in [-0.3, -0.25) is 5.84 Å². The van der Waals surface area contributed by atoms with Crippen LogP contribution in [0.25, 0.3) is 0 Å². The Kier molecular flexibility index (Phi) is 3.12. The van der Waals surface area contributed by atoms with E-state index < -0.39 is 0 Å². The number of rotatable bonds is 2. The van der Waals surface area contributed by atoms with E-state index in [0.717, 1.165) is 0 Å². The smallest absolute Gasteiger partial charge is 0.0705 e. The number of hydrogen-bond acceptors (Lipinski definition) is 3. The van der Waals surface area contributed by atoms with Crippen LogP contribution >= 0.6 is 0 Å². The highest BCUT2D eigenvalue weighted by Crippen LogP contribution is 2.24. The Balaban J connectivity index is 2.24. The highest BCUT2D eigenvalue weighted by molar-refractivity contribution is 4.72. The van der Waals surface area contributed by atoms with E-state index in [2.05, 4.69) is 5.43 Å². The van der Waals surface area contributed by atoms with Crippen molar-refractivity contribution >= 4 is 0 Å². The van der Waals surface area contributed by atoms with E-state index in [4.69, 9.17) is 11.6 Å². The lowest BCUT2D eigenvalue weighted by Crippen LogP contribution is -2.48. The molecule has 5 N–H and O–H groups in total. The maximum absolute atomic E-state index is 5.71. The molecule has 0 aromatic carbocycles. The molecule has 10 heavy (non-hydrogen) atoms. The first-order valence-corrected chi connectivity index (χ1v) is 4.06. The standard InChI is InChI=1S/C7H17N3/c8-7(10-9)6-4-2-1-3-5-6/h6-7,10H,1-5,8-9H2. The van der Waals surface area contributed by atoms with Gasteiger partial charge in [0.1, 0.15) is 0 Å². The molecule has 3 heteroatoms. The first kappa shape index (κ1) is 7.98.